The highest BCUT2D eigenvalue weighted by Gasteiger charge is 2.11. The molecular weight excluding hydrogens is 253 g/mol. The van der Waals surface area contributed by atoms with E-state index in [-0.39, 0.29) is 10.7 Å². The summed E-state index contributed by atoms with van der Waals surface area (Å²) in [5.74, 6) is -0.195. The third-order valence-corrected chi connectivity index (χ3v) is 2.79. The van der Waals surface area contributed by atoms with Crippen LogP contribution in [0.4, 0.5) is 15.9 Å². The van der Waals surface area contributed by atoms with Crippen molar-refractivity contribution >= 4 is 23.1 Å². The molecular formula is C13H9ClFN3. The SMILES string of the molecule is Cc1ccnc(Nc2c(F)cccc2Cl)c1C#N. The first kappa shape index (κ1) is 12.3. The van der Waals surface area contributed by atoms with E-state index < -0.39 is 5.82 Å². The smallest absolute Gasteiger partial charge is 0.148 e. The Balaban J connectivity index is 2.48. The molecule has 2 aromatic rings. The lowest BCUT2D eigenvalue weighted by Gasteiger charge is -2.10. The Labute approximate surface area is 109 Å². The molecule has 0 saturated carbocycles. The molecule has 0 aliphatic heterocycles. The predicted molar refractivity (Wildman–Crippen MR) is 68.4 cm³/mol. The molecule has 0 aliphatic carbocycles. The van der Waals surface area contributed by atoms with Gasteiger partial charge in [-0.3, -0.25) is 0 Å². The maximum absolute atomic E-state index is 13.6. The summed E-state index contributed by atoms with van der Waals surface area (Å²) in [6.07, 6.45) is 1.55. The lowest BCUT2D eigenvalue weighted by Crippen LogP contribution is -2.01. The first-order valence-electron chi connectivity index (χ1n) is 5.20. The highest BCUT2D eigenvalue weighted by molar-refractivity contribution is 6.33. The number of pyridine rings is 1. The van der Waals surface area contributed by atoms with Gasteiger partial charge in [0.25, 0.3) is 0 Å². The van der Waals surface area contributed by atoms with Gasteiger partial charge in [-0.1, -0.05) is 17.7 Å². The summed E-state index contributed by atoms with van der Waals surface area (Å²) < 4.78 is 13.6. The fourth-order valence-corrected chi connectivity index (χ4v) is 1.74. The summed E-state index contributed by atoms with van der Waals surface area (Å²) in [4.78, 5) is 4.03. The molecule has 1 heterocycles. The van der Waals surface area contributed by atoms with Crippen LogP contribution in [0.3, 0.4) is 0 Å². The third-order valence-electron chi connectivity index (χ3n) is 2.48. The van der Waals surface area contributed by atoms with Crippen molar-refractivity contribution in [2.45, 2.75) is 6.92 Å². The molecule has 90 valence electrons. The van der Waals surface area contributed by atoms with Crippen molar-refractivity contribution in [3.63, 3.8) is 0 Å². The second-order valence-electron chi connectivity index (χ2n) is 3.68. The Morgan fingerprint density at radius 1 is 1.39 bits per heavy atom. The minimum absolute atomic E-state index is 0.119. The van der Waals surface area contributed by atoms with Gasteiger partial charge >= 0.3 is 0 Å². The summed E-state index contributed by atoms with van der Waals surface area (Å²) in [6.45, 7) is 1.79. The fraction of sp³-hybridized carbons (Fsp3) is 0.0769. The van der Waals surface area contributed by atoms with E-state index in [9.17, 15) is 4.39 Å². The van der Waals surface area contributed by atoms with Crippen molar-refractivity contribution in [1.29, 1.82) is 5.26 Å². The Hall–Kier alpha value is -2.12. The average Bonchev–Trinajstić information content (AvgIpc) is 2.34. The minimum Gasteiger partial charge on any atom is -0.336 e. The quantitative estimate of drug-likeness (QED) is 0.895. The van der Waals surface area contributed by atoms with Crippen LogP contribution in [0.25, 0.3) is 0 Å². The summed E-state index contributed by atoms with van der Waals surface area (Å²) >= 11 is 5.90. The molecule has 0 fully saturated rings. The molecule has 0 bridgehead atoms. The highest BCUT2D eigenvalue weighted by atomic mass is 35.5. The van der Waals surface area contributed by atoms with Crippen molar-refractivity contribution in [2.24, 2.45) is 0 Å². The van der Waals surface area contributed by atoms with Crippen LogP contribution in [0.2, 0.25) is 5.02 Å². The molecule has 1 N–H and O–H groups in total. The Kier molecular flexibility index (Phi) is 3.45. The number of benzene rings is 1. The molecule has 3 nitrogen and oxygen atoms in total. The van der Waals surface area contributed by atoms with Crippen LogP contribution < -0.4 is 5.32 Å². The third kappa shape index (κ3) is 2.27. The number of hydrogen-bond donors (Lipinski definition) is 1. The zero-order valence-electron chi connectivity index (χ0n) is 9.54. The molecule has 0 spiro atoms. The normalized spacial score (nSPS) is 9.89. The molecule has 0 saturated heterocycles. The standard InChI is InChI=1S/C13H9ClFN3/c1-8-5-6-17-13(9(8)7-16)18-12-10(14)3-2-4-11(12)15/h2-6H,1H3,(H,17,18). The molecule has 0 radical (unpaired) electrons. The van der Waals surface area contributed by atoms with E-state index in [1.54, 1.807) is 25.3 Å². The van der Waals surface area contributed by atoms with Gasteiger partial charge in [-0.25, -0.2) is 9.37 Å². The van der Waals surface area contributed by atoms with E-state index in [0.29, 0.717) is 11.4 Å². The van der Waals surface area contributed by atoms with Crippen molar-refractivity contribution in [2.75, 3.05) is 5.32 Å². The summed E-state index contributed by atoms with van der Waals surface area (Å²) in [7, 11) is 0. The van der Waals surface area contributed by atoms with E-state index in [2.05, 4.69) is 10.3 Å². The number of nitrogens with one attached hydrogen (secondary N) is 1. The van der Waals surface area contributed by atoms with Crippen molar-refractivity contribution in [3.05, 3.63) is 52.4 Å². The van der Waals surface area contributed by atoms with Crippen LogP contribution in [0.5, 0.6) is 0 Å². The molecule has 18 heavy (non-hydrogen) atoms. The van der Waals surface area contributed by atoms with Crippen LogP contribution >= 0.6 is 11.6 Å². The fourth-order valence-electron chi connectivity index (χ4n) is 1.53. The number of nitriles is 1. The molecule has 1 aromatic heterocycles. The number of anilines is 2. The molecule has 0 amide bonds. The lowest BCUT2D eigenvalue weighted by molar-refractivity contribution is 0.632. The second kappa shape index (κ2) is 5.03. The van der Waals surface area contributed by atoms with Gasteiger partial charge in [0.15, 0.2) is 0 Å². The van der Waals surface area contributed by atoms with Gasteiger partial charge in [-0.05, 0) is 30.7 Å². The van der Waals surface area contributed by atoms with Gasteiger partial charge in [0, 0.05) is 6.20 Å². The molecule has 5 heteroatoms. The van der Waals surface area contributed by atoms with Crippen LogP contribution in [-0.2, 0) is 0 Å². The topological polar surface area (TPSA) is 48.7 Å². The summed E-state index contributed by atoms with van der Waals surface area (Å²) in [6, 6.07) is 8.11. The van der Waals surface area contributed by atoms with Gasteiger partial charge in [0.05, 0.1) is 16.3 Å². The minimum atomic E-state index is -0.491. The summed E-state index contributed by atoms with van der Waals surface area (Å²) in [5.41, 5.74) is 1.26. The number of aryl methyl sites for hydroxylation is 1. The number of halogens is 2. The van der Waals surface area contributed by atoms with Gasteiger partial charge < -0.3 is 5.32 Å². The average molecular weight is 262 g/mol. The van der Waals surface area contributed by atoms with Gasteiger partial charge in [0.2, 0.25) is 0 Å². The van der Waals surface area contributed by atoms with Gasteiger partial charge in [-0.2, -0.15) is 5.26 Å². The van der Waals surface area contributed by atoms with Crippen LogP contribution in [0, 0.1) is 24.1 Å². The maximum Gasteiger partial charge on any atom is 0.148 e. The monoisotopic (exact) mass is 261 g/mol. The van der Waals surface area contributed by atoms with E-state index in [1.165, 1.54) is 12.1 Å². The number of rotatable bonds is 2. The first-order chi connectivity index (χ1) is 8.63. The molecule has 0 aliphatic rings. The number of para-hydroxylation sites is 1. The van der Waals surface area contributed by atoms with Crippen LogP contribution in [-0.4, -0.2) is 4.98 Å². The van der Waals surface area contributed by atoms with Crippen LogP contribution in [0.1, 0.15) is 11.1 Å². The van der Waals surface area contributed by atoms with E-state index in [4.69, 9.17) is 16.9 Å². The van der Waals surface area contributed by atoms with Crippen molar-refractivity contribution < 1.29 is 4.39 Å². The molecule has 0 atom stereocenters. The second-order valence-corrected chi connectivity index (χ2v) is 4.09. The molecule has 1 aromatic carbocycles. The van der Waals surface area contributed by atoms with Gasteiger partial charge in [-0.15, -0.1) is 0 Å². The lowest BCUT2D eigenvalue weighted by atomic mass is 10.1. The van der Waals surface area contributed by atoms with E-state index in [0.717, 1.165) is 5.56 Å². The Bertz CT molecular complexity index is 614. The summed E-state index contributed by atoms with van der Waals surface area (Å²) in [5, 5.41) is 12.1. The number of aromatic nitrogens is 1. The molecule has 0 unspecified atom stereocenters. The zero-order valence-corrected chi connectivity index (χ0v) is 10.3. The predicted octanol–water partition coefficient (Wildman–Crippen LogP) is 3.80. The molecule has 2 rings (SSSR count). The van der Waals surface area contributed by atoms with Crippen molar-refractivity contribution in [1.82, 2.24) is 4.98 Å². The Morgan fingerprint density at radius 3 is 2.83 bits per heavy atom. The van der Waals surface area contributed by atoms with E-state index in [1.807, 2.05) is 6.07 Å². The van der Waals surface area contributed by atoms with Gasteiger partial charge in [0.1, 0.15) is 17.7 Å². The largest absolute Gasteiger partial charge is 0.336 e. The van der Waals surface area contributed by atoms with Crippen molar-refractivity contribution in [3.8, 4) is 6.07 Å². The Morgan fingerprint density at radius 2 is 2.17 bits per heavy atom. The number of hydrogen-bond acceptors (Lipinski definition) is 3. The highest BCUT2D eigenvalue weighted by Crippen LogP contribution is 2.29. The van der Waals surface area contributed by atoms with E-state index >= 15 is 0 Å². The zero-order chi connectivity index (χ0) is 13.1. The first-order valence-corrected chi connectivity index (χ1v) is 5.58. The van der Waals surface area contributed by atoms with Crippen LogP contribution in [0.15, 0.2) is 30.5 Å². The number of nitrogens with zero attached hydrogens (tertiary/aromatic N) is 2. The maximum atomic E-state index is 13.6.